The number of fused-ring (bicyclic) bond motifs is 1. The molecular formula is C23H30O7. The van der Waals surface area contributed by atoms with Crippen molar-refractivity contribution in [3.63, 3.8) is 0 Å². The van der Waals surface area contributed by atoms with Crippen molar-refractivity contribution in [2.75, 3.05) is 42.2 Å². The van der Waals surface area contributed by atoms with E-state index in [1.807, 2.05) is 18.2 Å². The molecule has 7 heteroatoms. The molecule has 0 amide bonds. The van der Waals surface area contributed by atoms with E-state index in [-0.39, 0.29) is 17.8 Å². The molecule has 0 N–H and O–H groups in total. The van der Waals surface area contributed by atoms with Gasteiger partial charge in [0.1, 0.15) is 11.9 Å². The van der Waals surface area contributed by atoms with Crippen LogP contribution in [0.4, 0.5) is 0 Å². The lowest BCUT2D eigenvalue weighted by Gasteiger charge is -2.32. The first-order valence-electron chi connectivity index (χ1n) is 9.94. The Morgan fingerprint density at radius 2 is 1.67 bits per heavy atom. The van der Waals surface area contributed by atoms with E-state index in [1.165, 1.54) is 7.11 Å². The van der Waals surface area contributed by atoms with Crippen LogP contribution in [-0.4, -0.2) is 47.9 Å². The zero-order chi connectivity index (χ0) is 21.9. The summed E-state index contributed by atoms with van der Waals surface area (Å²) in [5.41, 5.74) is 0.432. The first kappa shape index (κ1) is 22.0. The summed E-state index contributed by atoms with van der Waals surface area (Å²) in [5, 5.41) is 0. The molecule has 0 saturated carbocycles. The van der Waals surface area contributed by atoms with Crippen LogP contribution in [0.15, 0.2) is 35.8 Å². The van der Waals surface area contributed by atoms with Crippen molar-refractivity contribution in [3.8, 4) is 17.2 Å². The highest BCUT2D eigenvalue weighted by Gasteiger charge is 2.53. The van der Waals surface area contributed by atoms with Crippen LogP contribution in [0, 0.1) is 11.3 Å². The van der Waals surface area contributed by atoms with E-state index in [4.69, 9.17) is 28.4 Å². The third-order valence-electron chi connectivity index (χ3n) is 6.05. The van der Waals surface area contributed by atoms with Crippen LogP contribution in [0.1, 0.15) is 31.4 Å². The summed E-state index contributed by atoms with van der Waals surface area (Å²) < 4.78 is 33.5. The fourth-order valence-corrected chi connectivity index (χ4v) is 4.42. The summed E-state index contributed by atoms with van der Waals surface area (Å²) in [5.74, 6) is 2.49. The second-order valence-corrected chi connectivity index (χ2v) is 7.51. The fraction of sp³-hybridized carbons (Fsp3) is 0.522. The van der Waals surface area contributed by atoms with Gasteiger partial charge in [0, 0.05) is 31.3 Å². The number of hydrogen-bond acceptors (Lipinski definition) is 7. The lowest BCUT2D eigenvalue weighted by Crippen LogP contribution is -2.30. The smallest absolute Gasteiger partial charge is 0.223 e. The summed E-state index contributed by atoms with van der Waals surface area (Å²) in [6.45, 7) is 2.75. The molecule has 0 spiro atoms. The van der Waals surface area contributed by atoms with Crippen LogP contribution >= 0.6 is 0 Å². The molecule has 1 aliphatic carbocycles. The Balaban J connectivity index is 2.06. The van der Waals surface area contributed by atoms with Gasteiger partial charge in [0.15, 0.2) is 17.3 Å². The van der Waals surface area contributed by atoms with Crippen LogP contribution in [0.3, 0.4) is 0 Å². The van der Waals surface area contributed by atoms with E-state index < -0.39 is 5.41 Å². The molecule has 0 radical (unpaired) electrons. The van der Waals surface area contributed by atoms with Gasteiger partial charge in [-0.05, 0) is 31.1 Å². The summed E-state index contributed by atoms with van der Waals surface area (Å²) in [7, 11) is 7.94. The topological polar surface area (TPSA) is 72.5 Å². The molecular weight excluding hydrogens is 388 g/mol. The standard InChI is InChI=1S/C23H30O7/c1-14-21(15-10-17(26-3)22(29-6)18(11-15)27-4)30-20-12-16(24)19(28-5)13-23(14,20)8-7-9-25-2/h10-14,21H,7-9H2,1-6H3/t14-,21-,23+/m1/s1. The van der Waals surface area contributed by atoms with Crippen LogP contribution in [-0.2, 0) is 19.0 Å². The number of hydrogen-bond donors (Lipinski definition) is 0. The summed E-state index contributed by atoms with van der Waals surface area (Å²) in [6.07, 6.45) is 4.77. The molecule has 30 heavy (non-hydrogen) atoms. The van der Waals surface area contributed by atoms with E-state index in [1.54, 1.807) is 34.5 Å². The van der Waals surface area contributed by atoms with Gasteiger partial charge in [0.25, 0.3) is 0 Å². The summed E-state index contributed by atoms with van der Waals surface area (Å²) in [4.78, 5) is 12.4. The van der Waals surface area contributed by atoms with Crippen LogP contribution in [0.2, 0.25) is 0 Å². The minimum absolute atomic E-state index is 0.0293. The number of allylic oxidation sites excluding steroid dienone is 2. The Labute approximate surface area is 177 Å². The molecule has 1 aromatic carbocycles. The second kappa shape index (κ2) is 9.00. The van der Waals surface area contributed by atoms with Crippen LogP contribution in [0.5, 0.6) is 17.2 Å². The van der Waals surface area contributed by atoms with Gasteiger partial charge in [-0.3, -0.25) is 4.79 Å². The maximum Gasteiger partial charge on any atom is 0.223 e. The van der Waals surface area contributed by atoms with E-state index >= 15 is 0 Å². The Morgan fingerprint density at radius 1 is 1.00 bits per heavy atom. The summed E-state index contributed by atoms with van der Waals surface area (Å²) in [6, 6.07) is 3.79. The van der Waals surface area contributed by atoms with Crippen LogP contribution in [0.25, 0.3) is 0 Å². The number of ketones is 1. The lowest BCUT2D eigenvalue weighted by atomic mass is 9.68. The number of methoxy groups -OCH3 is 5. The van der Waals surface area contributed by atoms with Crippen LogP contribution < -0.4 is 14.2 Å². The zero-order valence-corrected chi connectivity index (χ0v) is 18.4. The SMILES string of the molecule is COCCC[C@@]12C=C(OC)C(=O)C=C1O[C@@H](c1cc(OC)c(OC)c(OC)c1)[C@H]2C. The van der Waals surface area contributed by atoms with E-state index in [0.29, 0.717) is 35.4 Å². The predicted molar refractivity (Wildman–Crippen MR) is 111 cm³/mol. The third kappa shape index (κ3) is 3.62. The van der Waals surface area contributed by atoms with E-state index in [2.05, 4.69) is 6.92 Å². The van der Waals surface area contributed by atoms with Gasteiger partial charge in [-0.25, -0.2) is 0 Å². The molecule has 2 aliphatic rings. The highest BCUT2D eigenvalue weighted by Crippen LogP contribution is 2.58. The average Bonchev–Trinajstić information content (AvgIpc) is 3.03. The fourth-order valence-electron chi connectivity index (χ4n) is 4.42. The number of carbonyl (C=O) groups is 1. The Morgan fingerprint density at radius 3 is 2.20 bits per heavy atom. The highest BCUT2D eigenvalue weighted by atomic mass is 16.5. The Kier molecular flexibility index (Phi) is 6.61. The minimum Gasteiger partial charge on any atom is -0.493 e. The molecule has 1 aliphatic heterocycles. The maximum absolute atomic E-state index is 12.4. The largest absolute Gasteiger partial charge is 0.493 e. The van der Waals surface area contributed by atoms with E-state index in [9.17, 15) is 4.79 Å². The summed E-state index contributed by atoms with van der Waals surface area (Å²) >= 11 is 0. The Bertz CT molecular complexity index is 832. The first-order valence-corrected chi connectivity index (χ1v) is 9.94. The van der Waals surface area contributed by atoms with Crippen molar-refractivity contribution in [2.24, 2.45) is 11.3 Å². The normalized spacial score (nSPS) is 25.1. The van der Waals surface area contributed by atoms with E-state index in [0.717, 1.165) is 18.4 Å². The van der Waals surface area contributed by atoms with Crippen molar-refractivity contribution in [1.29, 1.82) is 0 Å². The van der Waals surface area contributed by atoms with Gasteiger partial charge in [-0.1, -0.05) is 6.92 Å². The lowest BCUT2D eigenvalue weighted by molar-refractivity contribution is -0.114. The highest BCUT2D eigenvalue weighted by molar-refractivity contribution is 6.04. The molecule has 1 fully saturated rings. The van der Waals surface area contributed by atoms with Crippen molar-refractivity contribution < 1.29 is 33.2 Å². The number of ether oxygens (including phenoxy) is 6. The van der Waals surface area contributed by atoms with Crippen molar-refractivity contribution in [3.05, 3.63) is 41.4 Å². The van der Waals surface area contributed by atoms with Gasteiger partial charge in [0.2, 0.25) is 11.5 Å². The first-order chi connectivity index (χ1) is 14.4. The molecule has 0 aromatic heterocycles. The van der Waals surface area contributed by atoms with Crippen molar-refractivity contribution in [1.82, 2.24) is 0 Å². The number of rotatable bonds is 9. The van der Waals surface area contributed by atoms with Gasteiger partial charge in [-0.15, -0.1) is 0 Å². The molecule has 3 atom stereocenters. The maximum atomic E-state index is 12.4. The molecule has 0 bridgehead atoms. The second-order valence-electron chi connectivity index (χ2n) is 7.51. The molecule has 3 rings (SSSR count). The molecule has 1 aromatic rings. The third-order valence-corrected chi connectivity index (χ3v) is 6.05. The molecule has 164 valence electrons. The van der Waals surface area contributed by atoms with Crippen molar-refractivity contribution >= 4 is 5.78 Å². The number of benzene rings is 1. The molecule has 0 unspecified atom stereocenters. The molecule has 1 heterocycles. The Hall–Kier alpha value is -2.67. The van der Waals surface area contributed by atoms with Gasteiger partial charge in [-0.2, -0.15) is 0 Å². The van der Waals surface area contributed by atoms with Gasteiger partial charge in [0.05, 0.1) is 33.9 Å². The molecule has 1 saturated heterocycles. The quantitative estimate of drug-likeness (QED) is 0.564. The number of carbonyl (C=O) groups excluding carboxylic acids is 1. The van der Waals surface area contributed by atoms with Crippen molar-refractivity contribution in [2.45, 2.75) is 25.9 Å². The predicted octanol–water partition coefficient (Wildman–Crippen LogP) is 3.83. The van der Waals surface area contributed by atoms with Gasteiger partial charge >= 0.3 is 0 Å². The monoisotopic (exact) mass is 418 g/mol. The minimum atomic E-state index is -0.456. The molecule has 7 nitrogen and oxygen atoms in total. The van der Waals surface area contributed by atoms with Gasteiger partial charge < -0.3 is 28.4 Å². The average molecular weight is 418 g/mol. The zero-order valence-electron chi connectivity index (χ0n) is 18.4.